The van der Waals surface area contributed by atoms with Crippen LogP contribution in [-0.2, 0) is 9.59 Å². The van der Waals surface area contributed by atoms with Gasteiger partial charge >= 0.3 is 0 Å². The standard InChI is InChI=1S/C22H34O3/c1-4-22(25)9-5-6-17-16-8-7-14-11-15(23)10-12(2)18(14)19(16)21(24)13(3)20(17)22/h12-14,16-20,25H,4-11H2,1-3H3/t12-,13+,14?,16?,17?,18?,19?,20?,22?/m1/s1. The molecule has 0 aromatic heterocycles. The van der Waals surface area contributed by atoms with Crippen LogP contribution in [0.3, 0.4) is 0 Å². The van der Waals surface area contributed by atoms with E-state index in [1.807, 2.05) is 0 Å². The second-order valence-corrected chi connectivity index (χ2v) is 9.76. The van der Waals surface area contributed by atoms with Crippen LogP contribution in [0.25, 0.3) is 0 Å². The lowest BCUT2D eigenvalue weighted by Gasteiger charge is -2.59. The maximum absolute atomic E-state index is 13.5. The van der Waals surface area contributed by atoms with Gasteiger partial charge in [-0.05, 0) is 61.7 Å². The van der Waals surface area contributed by atoms with Gasteiger partial charge in [0.2, 0.25) is 0 Å². The second kappa shape index (κ2) is 6.18. The molecule has 9 atom stereocenters. The highest BCUT2D eigenvalue weighted by atomic mass is 16.3. The minimum absolute atomic E-state index is 0.0277. The first-order valence-corrected chi connectivity index (χ1v) is 10.6. The van der Waals surface area contributed by atoms with E-state index in [2.05, 4.69) is 20.8 Å². The van der Waals surface area contributed by atoms with E-state index >= 15 is 0 Å². The monoisotopic (exact) mass is 346 g/mol. The minimum atomic E-state index is -0.645. The van der Waals surface area contributed by atoms with Gasteiger partial charge in [-0.25, -0.2) is 0 Å². The van der Waals surface area contributed by atoms with Crippen LogP contribution in [0.1, 0.15) is 72.1 Å². The van der Waals surface area contributed by atoms with Crippen LogP contribution < -0.4 is 0 Å². The topological polar surface area (TPSA) is 54.4 Å². The van der Waals surface area contributed by atoms with E-state index in [1.54, 1.807) is 0 Å². The summed E-state index contributed by atoms with van der Waals surface area (Å²) in [5.41, 5.74) is -0.645. The van der Waals surface area contributed by atoms with Gasteiger partial charge in [-0.15, -0.1) is 0 Å². The summed E-state index contributed by atoms with van der Waals surface area (Å²) in [6.45, 7) is 6.37. The molecule has 7 unspecified atom stereocenters. The number of Topliss-reactive ketones (excluding diaryl/α,β-unsaturated/α-hetero) is 2. The van der Waals surface area contributed by atoms with Crippen molar-refractivity contribution in [1.82, 2.24) is 0 Å². The van der Waals surface area contributed by atoms with E-state index in [1.165, 1.54) is 6.42 Å². The van der Waals surface area contributed by atoms with Crippen LogP contribution in [0.15, 0.2) is 0 Å². The van der Waals surface area contributed by atoms with Gasteiger partial charge in [-0.3, -0.25) is 9.59 Å². The molecular weight excluding hydrogens is 312 g/mol. The molecule has 140 valence electrons. The van der Waals surface area contributed by atoms with Crippen LogP contribution in [0.2, 0.25) is 0 Å². The van der Waals surface area contributed by atoms with Crippen molar-refractivity contribution >= 4 is 11.6 Å². The number of ketones is 2. The lowest BCUT2D eigenvalue weighted by Crippen LogP contribution is -2.61. The molecule has 4 rings (SSSR count). The molecule has 0 heterocycles. The van der Waals surface area contributed by atoms with Crippen LogP contribution >= 0.6 is 0 Å². The summed E-state index contributed by atoms with van der Waals surface area (Å²) in [6, 6.07) is 0. The van der Waals surface area contributed by atoms with Gasteiger partial charge in [0.05, 0.1) is 5.60 Å². The normalized spacial score (nSPS) is 53.0. The third-order valence-corrected chi connectivity index (χ3v) is 8.69. The molecule has 0 radical (unpaired) electrons. The van der Waals surface area contributed by atoms with Gasteiger partial charge in [0.25, 0.3) is 0 Å². The zero-order chi connectivity index (χ0) is 17.9. The number of fused-ring (bicyclic) bond motifs is 5. The van der Waals surface area contributed by atoms with E-state index in [9.17, 15) is 14.7 Å². The SMILES string of the molecule is CCC1(O)CCCC2C3CCC4CC(=O)C[C@@H](C)C4C3C(=O)[C@@H](C)C21. The van der Waals surface area contributed by atoms with Crippen molar-refractivity contribution in [2.24, 2.45) is 47.3 Å². The summed E-state index contributed by atoms with van der Waals surface area (Å²) < 4.78 is 0. The number of aliphatic hydroxyl groups is 1. The zero-order valence-electron chi connectivity index (χ0n) is 16.0. The molecule has 0 bridgehead atoms. The molecule has 0 spiro atoms. The average Bonchev–Trinajstić information content (AvgIpc) is 2.58. The zero-order valence-corrected chi connectivity index (χ0v) is 16.0. The minimum Gasteiger partial charge on any atom is -0.390 e. The third kappa shape index (κ3) is 2.56. The summed E-state index contributed by atoms with van der Waals surface area (Å²) >= 11 is 0. The molecule has 0 amide bonds. The van der Waals surface area contributed by atoms with Crippen molar-refractivity contribution in [3.63, 3.8) is 0 Å². The summed E-state index contributed by atoms with van der Waals surface area (Å²) in [7, 11) is 0. The molecule has 4 saturated carbocycles. The summed E-state index contributed by atoms with van der Waals surface area (Å²) in [4.78, 5) is 25.6. The van der Waals surface area contributed by atoms with E-state index in [-0.39, 0.29) is 17.8 Å². The van der Waals surface area contributed by atoms with E-state index in [0.717, 1.165) is 32.1 Å². The van der Waals surface area contributed by atoms with Crippen molar-refractivity contribution < 1.29 is 14.7 Å². The van der Waals surface area contributed by atoms with Gasteiger partial charge in [0, 0.05) is 30.6 Å². The molecule has 0 saturated heterocycles. The molecule has 0 aromatic rings. The Bertz CT molecular complexity index is 570. The van der Waals surface area contributed by atoms with Crippen LogP contribution in [-0.4, -0.2) is 22.3 Å². The Hall–Kier alpha value is -0.700. The molecule has 4 aliphatic carbocycles. The van der Waals surface area contributed by atoms with Gasteiger partial charge in [0.1, 0.15) is 11.6 Å². The molecule has 3 heteroatoms. The highest BCUT2D eigenvalue weighted by molar-refractivity contribution is 5.86. The molecule has 1 N–H and O–H groups in total. The smallest absolute Gasteiger partial charge is 0.139 e. The van der Waals surface area contributed by atoms with Crippen LogP contribution in [0.5, 0.6) is 0 Å². The molecule has 0 aromatic carbocycles. The van der Waals surface area contributed by atoms with Gasteiger partial charge < -0.3 is 5.11 Å². The van der Waals surface area contributed by atoms with Crippen molar-refractivity contribution in [2.75, 3.05) is 0 Å². The Morgan fingerprint density at radius 2 is 1.84 bits per heavy atom. The number of carbonyl (C=O) groups is 2. The average molecular weight is 347 g/mol. The fourth-order valence-electron chi connectivity index (χ4n) is 7.76. The highest BCUT2D eigenvalue weighted by Gasteiger charge is 2.60. The molecule has 4 fully saturated rings. The first-order chi connectivity index (χ1) is 11.9. The number of hydrogen-bond acceptors (Lipinski definition) is 3. The Morgan fingerprint density at radius 1 is 1.08 bits per heavy atom. The van der Waals surface area contributed by atoms with Gasteiger partial charge in [-0.2, -0.15) is 0 Å². The Kier molecular flexibility index (Phi) is 4.38. The quantitative estimate of drug-likeness (QED) is 0.780. The fraction of sp³-hybridized carbons (Fsp3) is 0.909. The molecule has 4 aliphatic rings. The van der Waals surface area contributed by atoms with Crippen molar-refractivity contribution in [1.29, 1.82) is 0 Å². The Morgan fingerprint density at radius 3 is 2.56 bits per heavy atom. The number of carbonyl (C=O) groups excluding carboxylic acids is 2. The second-order valence-electron chi connectivity index (χ2n) is 9.76. The van der Waals surface area contributed by atoms with Gasteiger partial charge in [-0.1, -0.05) is 27.2 Å². The summed E-state index contributed by atoms with van der Waals surface area (Å²) in [5.74, 6) is 3.22. The van der Waals surface area contributed by atoms with Gasteiger partial charge in [0.15, 0.2) is 0 Å². The summed E-state index contributed by atoms with van der Waals surface area (Å²) in [6.07, 6.45) is 7.46. The molecule has 25 heavy (non-hydrogen) atoms. The Balaban J connectivity index is 1.69. The lowest BCUT2D eigenvalue weighted by molar-refractivity contribution is -0.178. The predicted octanol–water partition coefficient (Wildman–Crippen LogP) is 4.02. The maximum Gasteiger partial charge on any atom is 0.139 e. The first-order valence-electron chi connectivity index (χ1n) is 10.6. The Labute approximate surface area is 151 Å². The fourth-order valence-corrected chi connectivity index (χ4v) is 7.76. The molecular formula is C22H34O3. The van der Waals surface area contributed by atoms with Crippen molar-refractivity contribution in [3.05, 3.63) is 0 Å². The number of rotatable bonds is 1. The first kappa shape index (κ1) is 17.7. The van der Waals surface area contributed by atoms with E-state index in [4.69, 9.17) is 0 Å². The van der Waals surface area contributed by atoms with Crippen LogP contribution in [0, 0.1) is 47.3 Å². The lowest BCUT2D eigenvalue weighted by atomic mass is 9.45. The highest BCUT2D eigenvalue weighted by Crippen LogP contribution is 2.60. The largest absolute Gasteiger partial charge is 0.390 e. The van der Waals surface area contributed by atoms with Crippen molar-refractivity contribution in [2.45, 2.75) is 77.7 Å². The summed E-state index contributed by atoms with van der Waals surface area (Å²) in [5, 5.41) is 11.3. The van der Waals surface area contributed by atoms with Crippen molar-refractivity contribution in [3.8, 4) is 0 Å². The van der Waals surface area contributed by atoms with E-state index < -0.39 is 5.60 Å². The van der Waals surface area contributed by atoms with E-state index in [0.29, 0.717) is 54.0 Å². The van der Waals surface area contributed by atoms with Crippen LogP contribution in [0.4, 0.5) is 0 Å². The molecule has 0 aliphatic heterocycles. The maximum atomic E-state index is 13.5. The molecule has 3 nitrogen and oxygen atoms in total. The predicted molar refractivity (Wildman–Crippen MR) is 96.8 cm³/mol. The third-order valence-electron chi connectivity index (χ3n) is 8.69. The number of hydrogen-bond donors (Lipinski definition) is 1.